The van der Waals surface area contributed by atoms with Crippen LogP contribution in [0.15, 0.2) is 47.6 Å². The van der Waals surface area contributed by atoms with Crippen LogP contribution in [0.4, 0.5) is 38.3 Å². The molecule has 39 heavy (non-hydrogen) atoms. The van der Waals surface area contributed by atoms with Crippen LogP contribution in [0.5, 0.6) is 0 Å². The van der Waals surface area contributed by atoms with Gasteiger partial charge in [-0.05, 0) is 56.0 Å². The molecule has 1 aromatic heterocycles. The lowest BCUT2D eigenvalue weighted by Gasteiger charge is -2.41. The minimum absolute atomic E-state index is 0.0468. The molecule has 0 radical (unpaired) electrons. The predicted molar refractivity (Wildman–Crippen MR) is 125 cm³/mol. The van der Waals surface area contributed by atoms with Crippen LogP contribution in [-0.4, -0.2) is 28.8 Å². The van der Waals surface area contributed by atoms with E-state index in [1.165, 1.54) is 0 Å². The molecule has 2 amide bonds. The lowest BCUT2D eigenvalue weighted by Crippen LogP contribution is -2.50. The minimum atomic E-state index is -10.1. The normalized spacial score (nSPS) is 21.0. The van der Waals surface area contributed by atoms with Gasteiger partial charge in [0.05, 0.1) is 12.3 Å². The summed E-state index contributed by atoms with van der Waals surface area (Å²) in [5.74, 6) is -5.89. The van der Waals surface area contributed by atoms with Gasteiger partial charge in [-0.25, -0.2) is 13.2 Å². The van der Waals surface area contributed by atoms with E-state index in [0.29, 0.717) is 17.0 Å². The molecule has 0 spiro atoms. The molecule has 2 aromatic rings. The topological polar surface area (TPSA) is 86.1 Å². The summed E-state index contributed by atoms with van der Waals surface area (Å²) in [5, 5.41) is 12.1. The van der Waals surface area contributed by atoms with Crippen molar-refractivity contribution >= 4 is 27.7 Å². The Bertz CT molecular complexity index is 1330. The zero-order valence-electron chi connectivity index (χ0n) is 20.0. The molecule has 1 heterocycles. The molecule has 6 nitrogen and oxygen atoms in total. The maximum atomic E-state index is 14.1. The fourth-order valence-corrected chi connectivity index (χ4v) is 5.09. The number of carbonyl (C=O) groups is 2. The SMILES string of the molecule is N#CC1(C(=O)N(c2ccc(S(F)(F)(F)(F)F)cc2)C(C(=O)NC2CCC(F)(F)CC2)c2cncc(F)c2)CC1. The van der Waals surface area contributed by atoms with Crippen LogP contribution in [0, 0.1) is 22.6 Å². The lowest BCUT2D eigenvalue weighted by molar-refractivity contribution is -0.129. The van der Waals surface area contributed by atoms with Crippen molar-refractivity contribution in [2.75, 3.05) is 4.90 Å². The van der Waals surface area contributed by atoms with Gasteiger partial charge in [0, 0.05) is 36.3 Å². The van der Waals surface area contributed by atoms with E-state index in [4.69, 9.17) is 0 Å². The maximum absolute atomic E-state index is 14.1. The Kier molecular flexibility index (Phi) is 6.45. The average Bonchev–Trinajstić information content (AvgIpc) is 3.63. The number of benzene rings is 1. The van der Waals surface area contributed by atoms with Gasteiger partial charge in [-0.3, -0.25) is 19.5 Å². The monoisotopic (exact) mass is 582 g/mol. The third-order valence-electron chi connectivity index (χ3n) is 6.76. The summed E-state index contributed by atoms with van der Waals surface area (Å²) in [7, 11) is -10.1. The molecule has 0 saturated heterocycles. The average molecular weight is 583 g/mol. The number of nitriles is 1. The van der Waals surface area contributed by atoms with Crippen molar-refractivity contribution < 1.29 is 42.2 Å². The molecule has 1 atom stereocenters. The van der Waals surface area contributed by atoms with Gasteiger partial charge in [0.15, 0.2) is 0 Å². The van der Waals surface area contributed by atoms with Gasteiger partial charge in [-0.2, -0.15) is 5.26 Å². The van der Waals surface area contributed by atoms with Crippen molar-refractivity contribution in [3.05, 3.63) is 54.1 Å². The van der Waals surface area contributed by atoms with E-state index in [1.807, 2.05) is 6.07 Å². The van der Waals surface area contributed by atoms with Crippen molar-refractivity contribution in [3.63, 3.8) is 0 Å². The third-order valence-corrected chi connectivity index (χ3v) is 7.93. The standard InChI is InChI=1S/C24H22F8N4O2S/c25-16-11-15(12-34-13-16)20(21(37)35-17-5-7-24(26,27)8-6-17)36(22(38)23(14-33)9-10-23)18-1-3-19(4-2-18)39(28,29,30,31)32/h1-4,11-13,17,20H,5-10H2,(H,35,37). The molecule has 2 aliphatic carbocycles. The molecule has 1 unspecified atom stereocenters. The largest absolute Gasteiger partial charge is 0.351 e. The number of pyridine rings is 1. The van der Waals surface area contributed by atoms with Gasteiger partial charge < -0.3 is 5.32 Å². The molecule has 1 N–H and O–H groups in total. The van der Waals surface area contributed by atoms with Crippen LogP contribution in [0.2, 0.25) is 0 Å². The highest BCUT2D eigenvalue weighted by atomic mass is 32.5. The van der Waals surface area contributed by atoms with Gasteiger partial charge in [0.25, 0.3) is 0 Å². The summed E-state index contributed by atoms with van der Waals surface area (Å²) in [6.45, 7) is 0. The summed E-state index contributed by atoms with van der Waals surface area (Å²) >= 11 is 0. The van der Waals surface area contributed by atoms with E-state index >= 15 is 0 Å². The molecular formula is C24H22F8N4O2S. The van der Waals surface area contributed by atoms with Gasteiger partial charge in [-0.15, -0.1) is 0 Å². The first kappa shape index (κ1) is 28.6. The lowest BCUT2D eigenvalue weighted by atomic mass is 9.91. The van der Waals surface area contributed by atoms with Gasteiger partial charge in [0.1, 0.15) is 22.2 Å². The first-order valence-electron chi connectivity index (χ1n) is 11.7. The number of halogens is 8. The molecule has 1 aromatic carbocycles. The summed E-state index contributed by atoms with van der Waals surface area (Å²) in [6, 6.07) is 1.25. The van der Waals surface area contributed by atoms with Crippen LogP contribution in [0.3, 0.4) is 0 Å². The summed E-state index contributed by atoms with van der Waals surface area (Å²) < 4.78 is 108. The van der Waals surface area contributed by atoms with Crippen LogP contribution >= 0.6 is 10.2 Å². The molecule has 0 bridgehead atoms. The van der Waals surface area contributed by atoms with Crippen LogP contribution in [0.1, 0.15) is 50.1 Å². The molecule has 2 aliphatic rings. The molecule has 0 aliphatic heterocycles. The summed E-state index contributed by atoms with van der Waals surface area (Å²) in [5.41, 5.74) is -2.34. The number of alkyl halides is 2. The smallest absolute Gasteiger partial charge is 0.310 e. The quantitative estimate of drug-likeness (QED) is 0.358. The molecule has 2 saturated carbocycles. The number of rotatable bonds is 7. The Morgan fingerprint density at radius 1 is 1.03 bits per heavy atom. The van der Waals surface area contributed by atoms with E-state index < -0.39 is 74.7 Å². The second-order valence-electron chi connectivity index (χ2n) is 9.81. The van der Waals surface area contributed by atoms with Crippen LogP contribution in [-0.2, 0) is 9.59 Å². The van der Waals surface area contributed by atoms with E-state index in [1.54, 1.807) is 0 Å². The Labute approximate surface area is 217 Å². The number of aromatic nitrogens is 1. The number of hydrogen-bond donors (Lipinski definition) is 1. The Hall–Kier alpha value is -3.41. The first-order chi connectivity index (χ1) is 17.8. The molecule has 212 valence electrons. The van der Waals surface area contributed by atoms with Crippen molar-refractivity contribution in [2.24, 2.45) is 5.41 Å². The number of hydrogen-bond acceptors (Lipinski definition) is 4. The second-order valence-corrected chi connectivity index (χ2v) is 12.2. The summed E-state index contributed by atoms with van der Waals surface area (Å²) in [6.07, 6.45) is 0.599. The van der Waals surface area contributed by atoms with E-state index in [-0.39, 0.29) is 43.4 Å². The van der Waals surface area contributed by atoms with Crippen molar-refractivity contribution in [1.29, 1.82) is 5.26 Å². The minimum Gasteiger partial charge on any atom is -0.351 e. The first-order valence-corrected chi connectivity index (χ1v) is 13.7. The Morgan fingerprint density at radius 3 is 2.10 bits per heavy atom. The Balaban J connectivity index is 1.79. The Morgan fingerprint density at radius 2 is 1.62 bits per heavy atom. The number of amides is 2. The summed E-state index contributed by atoms with van der Waals surface area (Å²) in [4.78, 5) is 29.2. The zero-order valence-corrected chi connectivity index (χ0v) is 20.8. The molecule has 2 fully saturated rings. The van der Waals surface area contributed by atoms with E-state index in [2.05, 4.69) is 10.3 Å². The highest BCUT2D eigenvalue weighted by molar-refractivity contribution is 8.45. The highest BCUT2D eigenvalue weighted by Crippen LogP contribution is 3.02. The fourth-order valence-electron chi connectivity index (χ4n) is 4.44. The number of carbonyl (C=O) groups excluding carboxylic acids is 2. The fraction of sp³-hybridized carbons (Fsp3) is 0.417. The zero-order chi connectivity index (χ0) is 28.9. The highest BCUT2D eigenvalue weighted by Gasteiger charge is 2.65. The third kappa shape index (κ3) is 6.26. The second kappa shape index (κ2) is 8.80. The molecular weight excluding hydrogens is 560 g/mol. The predicted octanol–water partition coefficient (Wildman–Crippen LogP) is 6.95. The molecule has 4 rings (SSSR count). The van der Waals surface area contributed by atoms with E-state index in [9.17, 15) is 47.5 Å². The number of nitrogens with one attached hydrogen (secondary N) is 1. The van der Waals surface area contributed by atoms with Gasteiger partial charge in [-0.1, -0.05) is 19.4 Å². The van der Waals surface area contributed by atoms with Gasteiger partial charge >= 0.3 is 10.2 Å². The van der Waals surface area contributed by atoms with Crippen molar-refractivity contribution in [2.45, 2.75) is 61.4 Å². The maximum Gasteiger partial charge on any atom is 0.310 e. The number of nitrogens with zero attached hydrogens (tertiary/aromatic N) is 3. The van der Waals surface area contributed by atoms with Crippen molar-refractivity contribution in [3.8, 4) is 6.07 Å². The van der Waals surface area contributed by atoms with E-state index in [0.717, 1.165) is 18.5 Å². The van der Waals surface area contributed by atoms with Crippen LogP contribution in [0.25, 0.3) is 0 Å². The van der Waals surface area contributed by atoms with Gasteiger partial charge in [0.2, 0.25) is 17.7 Å². The van der Waals surface area contributed by atoms with Crippen LogP contribution < -0.4 is 10.2 Å². The van der Waals surface area contributed by atoms with Crippen molar-refractivity contribution in [1.82, 2.24) is 10.3 Å². The number of anilines is 1. The molecule has 15 heteroatoms.